The molecule has 0 aliphatic carbocycles. The Morgan fingerprint density at radius 1 is 1.09 bits per heavy atom. The van der Waals surface area contributed by atoms with Gasteiger partial charge in [-0.1, -0.05) is 0 Å². The topological polar surface area (TPSA) is 99.8 Å². The summed E-state index contributed by atoms with van der Waals surface area (Å²) in [6.45, 7) is 0. The normalized spacial score (nSPS) is 12.4. The highest BCUT2D eigenvalue weighted by molar-refractivity contribution is 7.99. The number of rotatable bonds is 3. The van der Waals surface area contributed by atoms with Crippen LogP contribution in [0.25, 0.3) is 5.65 Å². The van der Waals surface area contributed by atoms with Gasteiger partial charge in [-0.3, -0.25) is 0 Å². The first kappa shape index (κ1) is 15.4. The Morgan fingerprint density at radius 3 is 2.43 bits per heavy atom. The van der Waals surface area contributed by atoms with Crippen molar-refractivity contribution in [1.29, 1.82) is 0 Å². The third-order valence-electron chi connectivity index (χ3n) is 2.57. The molecule has 0 radical (unpaired) electrons. The molecule has 0 atom stereocenters. The van der Waals surface area contributed by atoms with Gasteiger partial charge in [-0.15, -0.1) is 20.4 Å². The molecule has 14 heteroatoms. The van der Waals surface area contributed by atoms with Gasteiger partial charge < -0.3 is 5.84 Å². The molecule has 3 heterocycles. The number of halogens is 5. The second-order valence-electron chi connectivity index (χ2n) is 4.08. The zero-order valence-corrected chi connectivity index (χ0v) is 11.6. The second kappa shape index (κ2) is 5.29. The maximum atomic E-state index is 12.7. The molecule has 2 N–H and O–H groups in total. The summed E-state index contributed by atoms with van der Waals surface area (Å²) >= 11 is 0.622. The van der Waals surface area contributed by atoms with Crippen molar-refractivity contribution in [3.8, 4) is 0 Å². The molecule has 0 spiro atoms. The molecule has 23 heavy (non-hydrogen) atoms. The first-order valence-corrected chi connectivity index (χ1v) is 6.55. The van der Waals surface area contributed by atoms with Gasteiger partial charge in [-0.05, 0) is 23.9 Å². The Morgan fingerprint density at radius 2 is 1.83 bits per heavy atom. The molecular formula is C9H5F5N8S. The van der Waals surface area contributed by atoms with E-state index in [-0.39, 0.29) is 20.5 Å². The summed E-state index contributed by atoms with van der Waals surface area (Å²) in [5, 5.41) is 16.6. The number of aromatic nitrogens is 7. The minimum absolute atomic E-state index is 0.0621. The lowest BCUT2D eigenvalue weighted by Gasteiger charge is -2.06. The van der Waals surface area contributed by atoms with Crippen LogP contribution >= 0.6 is 11.8 Å². The lowest BCUT2D eigenvalue weighted by molar-refractivity contribution is -0.146. The van der Waals surface area contributed by atoms with Gasteiger partial charge >= 0.3 is 6.18 Å². The lowest BCUT2D eigenvalue weighted by Crippen LogP contribution is -2.21. The summed E-state index contributed by atoms with van der Waals surface area (Å²) < 4.78 is 64.3. The van der Waals surface area contributed by atoms with E-state index in [0.717, 1.165) is 4.52 Å². The van der Waals surface area contributed by atoms with Crippen LogP contribution < -0.4 is 5.84 Å². The van der Waals surface area contributed by atoms with Crippen LogP contribution in [0.3, 0.4) is 0 Å². The van der Waals surface area contributed by atoms with Crippen LogP contribution in [-0.4, -0.2) is 34.7 Å². The quantitative estimate of drug-likeness (QED) is 0.564. The molecule has 0 unspecified atom stereocenters. The number of nitrogens with zero attached hydrogens (tertiary/aromatic N) is 7. The van der Waals surface area contributed by atoms with Gasteiger partial charge in [0.05, 0.1) is 0 Å². The fraction of sp³-hybridized carbons (Fsp3) is 0.222. The molecule has 3 aromatic rings. The van der Waals surface area contributed by atoms with E-state index in [1.54, 1.807) is 0 Å². The monoisotopic (exact) mass is 352 g/mol. The number of fused-ring (bicyclic) bond motifs is 1. The van der Waals surface area contributed by atoms with Crippen LogP contribution in [0, 0.1) is 0 Å². The van der Waals surface area contributed by atoms with Crippen LogP contribution in [0.15, 0.2) is 22.3 Å². The molecule has 0 aliphatic heterocycles. The minimum Gasteiger partial charge on any atom is -0.335 e. The molecule has 122 valence electrons. The van der Waals surface area contributed by atoms with Gasteiger partial charge in [0.2, 0.25) is 11.0 Å². The molecule has 0 aliphatic rings. The SMILES string of the molecule is Nn1c(Sc2ccc3nnc(C(F)F)n3n2)nnc1C(F)(F)F. The molecule has 3 rings (SSSR count). The number of nitrogens with two attached hydrogens (primary N) is 1. The molecule has 0 saturated heterocycles. The first-order chi connectivity index (χ1) is 10.8. The van der Waals surface area contributed by atoms with Gasteiger partial charge in [0, 0.05) is 0 Å². The summed E-state index contributed by atoms with van der Waals surface area (Å²) in [6, 6.07) is 2.68. The molecule has 0 saturated carbocycles. The second-order valence-corrected chi connectivity index (χ2v) is 5.06. The van der Waals surface area contributed by atoms with Crippen LogP contribution in [0.5, 0.6) is 0 Å². The Labute approximate surface area is 127 Å². The van der Waals surface area contributed by atoms with Gasteiger partial charge in [0.15, 0.2) is 5.65 Å². The Hall–Kier alpha value is -2.51. The fourth-order valence-corrected chi connectivity index (χ4v) is 2.32. The summed E-state index contributed by atoms with van der Waals surface area (Å²) in [5.41, 5.74) is 0.0647. The summed E-state index contributed by atoms with van der Waals surface area (Å²) in [5.74, 6) is 3.20. The average Bonchev–Trinajstić information content (AvgIpc) is 3.02. The first-order valence-electron chi connectivity index (χ1n) is 5.73. The van der Waals surface area contributed by atoms with Gasteiger partial charge in [-0.25, -0.2) is 13.5 Å². The molecule has 3 aromatic heterocycles. The maximum Gasteiger partial charge on any atom is 0.453 e. The van der Waals surface area contributed by atoms with Crippen molar-refractivity contribution in [2.75, 3.05) is 5.84 Å². The van der Waals surface area contributed by atoms with Crippen molar-refractivity contribution < 1.29 is 22.0 Å². The molecule has 0 amide bonds. The number of hydrogen-bond acceptors (Lipinski definition) is 7. The number of nitrogen functional groups attached to an aromatic ring is 1. The predicted octanol–water partition coefficient (Wildman–Crippen LogP) is 1.54. The van der Waals surface area contributed by atoms with E-state index in [9.17, 15) is 22.0 Å². The lowest BCUT2D eigenvalue weighted by atomic mass is 10.5. The van der Waals surface area contributed by atoms with Crippen LogP contribution in [0.4, 0.5) is 22.0 Å². The number of hydrogen-bond donors (Lipinski definition) is 1. The van der Waals surface area contributed by atoms with E-state index in [4.69, 9.17) is 5.84 Å². The third-order valence-corrected chi connectivity index (χ3v) is 3.46. The molecule has 0 bridgehead atoms. The predicted molar refractivity (Wildman–Crippen MR) is 65.0 cm³/mol. The van der Waals surface area contributed by atoms with Crippen LogP contribution in [0.2, 0.25) is 0 Å². The largest absolute Gasteiger partial charge is 0.453 e. The zero-order chi connectivity index (χ0) is 16.8. The average molecular weight is 352 g/mol. The van der Waals surface area contributed by atoms with Gasteiger partial charge in [0.25, 0.3) is 12.2 Å². The zero-order valence-electron chi connectivity index (χ0n) is 10.7. The third kappa shape index (κ3) is 2.76. The van der Waals surface area contributed by atoms with Crippen molar-refractivity contribution in [1.82, 2.24) is 34.7 Å². The molecule has 8 nitrogen and oxygen atoms in total. The molecular weight excluding hydrogens is 347 g/mol. The summed E-state index contributed by atoms with van der Waals surface area (Å²) in [6.07, 6.45) is -7.68. The van der Waals surface area contributed by atoms with E-state index in [2.05, 4.69) is 25.5 Å². The summed E-state index contributed by atoms with van der Waals surface area (Å²) in [7, 11) is 0. The fourth-order valence-electron chi connectivity index (χ4n) is 1.61. The highest BCUT2D eigenvalue weighted by Gasteiger charge is 2.38. The Kier molecular flexibility index (Phi) is 3.54. The van der Waals surface area contributed by atoms with E-state index in [1.165, 1.54) is 12.1 Å². The van der Waals surface area contributed by atoms with Gasteiger partial charge in [-0.2, -0.15) is 22.8 Å². The molecule has 0 aromatic carbocycles. The smallest absolute Gasteiger partial charge is 0.335 e. The van der Waals surface area contributed by atoms with E-state index in [1.807, 2.05) is 0 Å². The van der Waals surface area contributed by atoms with Crippen molar-refractivity contribution >= 4 is 17.4 Å². The number of alkyl halides is 5. The Bertz CT molecular complexity index is 855. The molecule has 0 fully saturated rings. The highest BCUT2D eigenvalue weighted by atomic mass is 32.2. The minimum atomic E-state index is -4.77. The van der Waals surface area contributed by atoms with Crippen molar-refractivity contribution in [3.05, 3.63) is 23.8 Å². The van der Waals surface area contributed by atoms with Crippen LogP contribution in [-0.2, 0) is 6.18 Å². The van der Waals surface area contributed by atoms with Crippen LogP contribution in [0.1, 0.15) is 18.1 Å². The van der Waals surface area contributed by atoms with Gasteiger partial charge in [0.1, 0.15) is 5.03 Å². The summed E-state index contributed by atoms with van der Waals surface area (Å²) in [4.78, 5) is 0. The van der Waals surface area contributed by atoms with Crippen molar-refractivity contribution in [2.45, 2.75) is 22.8 Å². The van der Waals surface area contributed by atoms with E-state index in [0.29, 0.717) is 11.8 Å². The Balaban J connectivity index is 1.96. The standard InChI is InChI=1S/C9H5F5N8S/c10-5(11)6-17-16-3-1-2-4(20-22(3)6)23-8-19-18-7(21(8)15)9(12,13)14/h1-2,5H,15H2. The van der Waals surface area contributed by atoms with Crippen molar-refractivity contribution in [3.63, 3.8) is 0 Å². The van der Waals surface area contributed by atoms with E-state index >= 15 is 0 Å². The maximum absolute atomic E-state index is 12.7. The highest BCUT2D eigenvalue weighted by Crippen LogP contribution is 2.31. The van der Waals surface area contributed by atoms with Crippen molar-refractivity contribution in [2.24, 2.45) is 0 Å². The van der Waals surface area contributed by atoms with E-state index < -0.39 is 24.3 Å².